The third-order valence-electron chi connectivity index (χ3n) is 2.80. The van der Waals surface area contributed by atoms with Gasteiger partial charge in [-0.2, -0.15) is 0 Å². The molecular weight excluding hydrogens is 252 g/mol. The minimum Gasteiger partial charge on any atom is -0.463 e. The molecule has 0 bridgehead atoms. The van der Waals surface area contributed by atoms with Gasteiger partial charge in [0.15, 0.2) is 6.10 Å². The summed E-state index contributed by atoms with van der Waals surface area (Å²) in [6.07, 6.45) is -0.898. The Hall–Kier alpha value is -1.71. The van der Waals surface area contributed by atoms with Crippen LogP contribution in [0.1, 0.15) is 23.4 Å². The Kier molecular flexibility index (Phi) is 2.65. The molecule has 0 spiro atoms. The number of aryl methyl sites for hydroxylation is 1. The zero-order chi connectivity index (χ0) is 12.7. The summed E-state index contributed by atoms with van der Waals surface area (Å²) in [5.74, 6) is 1.67. The maximum atomic E-state index is 10.2. The molecule has 1 N–H and O–H groups in total. The molecule has 2 heterocycles. The highest BCUT2D eigenvalue weighted by Gasteiger charge is 2.18. The molecule has 92 valence electrons. The molecule has 0 amide bonds. The third-order valence-corrected chi connectivity index (χ3v) is 3.03. The Balaban J connectivity index is 2.03. The zero-order valence-corrected chi connectivity index (χ0v) is 10.4. The summed E-state index contributed by atoms with van der Waals surface area (Å²) in [6, 6.07) is 10.6. The smallest absolute Gasteiger partial charge is 0.169 e. The minimum atomic E-state index is -0.898. The van der Waals surface area contributed by atoms with Crippen molar-refractivity contribution < 1.29 is 13.9 Å². The van der Waals surface area contributed by atoms with Gasteiger partial charge in [0.25, 0.3) is 0 Å². The van der Waals surface area contributed by atoms with Gasteiger partial charge < -0.3 is 13.9 Å². The molecule has 0 saturated heterocycles. The van der Waals surface area contributed by atoms with E-state index in [0.717, 1.165) is 11.1 Å². The second kappa shape index (κ2) is 4.19. The van der Waals surface area contributed by atoms with Gasteiger partial charge in [-0.3, -0.25) is 0 Å². The molecule has 0 fully saturated rings. The maximum absolute atomic E-state index is 10.2. The van der Waals surface area contributed by atoms with Crippen LogP contribution < -0.4 is 0 Å². The highest BCUT2D eigenvalue weighted by Crippen LogP contribution is 2.30. The molecular formula is C14H11ClO3. The van der Waals surface area contributed by atoms with Crippen LogP contribution in [0.4, 0.5) is 0 Å². The molecule has 1 atom stereocenters. The molecule has 0 aliphatic heterocycles. The van der Waals surface area contributed by atoms with Crippen molar-refractivity contribution in [2.24, 2.45) is 0 Å². The van der Waals surface area contributed by atoms with Crippen molar-refractivity contribution in [1.82, 2.24) is 0 Å². The second-order valence-corrected chi connectivity index (χ2v) is 4.62. The van der Waals surface area contributed by atoms with Gasteiger partial charge in [0.2, 0.25) is 0 Å². The van der Waals surface area contributed by atoms with E-state index in [-0.39, 0.29) is 0 Å². The van der Waals surface area contributed by atoms with Gasteiger partial charge in [0, 0.05) is 10.4 Å². The molecule has 1 aromatic carbocycles. The Morgan fingerprint density at radius 3 is 2.61 bits per heavy atom. The van der Waals surface area contributed by atoms with Crippen molar-refractivity contribution in [1.29, 1.82) is 0 Å². The Labute approximate surface area is 109 Å². The predicted molar refractivity (Wildman–Crippen MR) is 68.7 cm³/mol. The van der Waals surface area contributed by atoms with Crippen molar-refractivity contribution in [3.05, 3.63) is 58.7 Å². The van der Waals surface area contributed by atoms with Crippen LogP contribution in [0.25, 0.3) is 11.0 Å². The molecule has 0 saturated carbocycles. The highest BCUT2D eigenvalue weighted by atomic mass is 35.5. The summed E-state index contributed by atoms with van der Waals surface area (Å²) in [7, 11) is 0. The lowest BCUT2D eigenvalue weighted by atomic mass is 10.2. The van der Waals surface area contributed by atoms with Crippen LogP contribution in [-0.2, 0) is 0 Å². The first-order valence-corrected chi connectivity index (χ1v) is 5.95. The molecule has 3 nitrogen and oxygen atoms in total. The van der Waals surface area contributed by atoms with E-state index in [9.17, 15) is 5.11 Å². The quantitative estimate of drug-likeness (QED) is 0.757. The Morgan fingerprint density at radius 1 is 1.06 bits per heavy atom. The Morgan fingerprint density at radius 2 is 1.89 bits per heavy atom. The first-order chi connectivity index (χ1) is 8.63. The minimum absolute atomic E-state index is 0.446. The number of fused-ring (bicyclic) bond motifs is 1. The van der Waals surface area contributed by atoms with Crippen molar-refractivity contribution in [3.63, 3.8) is 0 Å². The molecule has 18 heavy (non-hydrogen) atoms. The fourth-order valence-corrected chi connectivity index (χ4v) is 2.09. The van der Waals surface area contributed by atoms with Crippen LogP contribution in [0.3, 0.4) is 0 Å². The van der Waals surface area contributed by atoms with Crippen molar-refractivity contribution in [3.8, 4) is 0 Å². The standard InChI is InChI=1S/C14H11ClO3/c1-8-2-4-12(17-8)14(16)13-7-9-6-10(15)3-5-11(9)18-13/h2-7,14,16H,1H3. The van der Waals surface area contributed by atoms with Gasteiger partial charge in [-0.25, -0.2) is 0 Å². The lowest BCUT2D eigenvalue weighted by Crippen LogP contribution is -1.95. The van der Waals surface area contributed by atoms with Gasteiger partial charge in [0.1, 0.15) is 22.9 Å². The van der Waals surface area contributed by atoms with E-state index < -0.39 is 6.10 Å². The van der Waals surface area contributed by atoms with Gasteiger partial charge >= 0.3 is 0 Å². The largest absolute Gasteiger partial charge is 0.463 e. The summed E-state index contributed by atoms with van der Waals surface area (Å²) in [4.78, 5) is 0. The zero-order valence-electron chi connectivity index (χ0n) is 9.68. The fourth-order valence-electron chi connectivity index (χ4n) is 1.91. The molecule has 0 aliphatic carbocycles. The number of benzene rings is 1. The van der Waals surface area contributed by atoms with Crippen molar-refractivity contribution in [2.45, 2.75) is 13.0 Å². The summed E-state index contributed by atoms with van der Waals surface area (Å²) in [6.45, 7) is 1.83. The van der Waals surface area contributed by atoms with E-state index >= 15 is 0 Å². The number of furan rings is 2. The van der Waals surface area contributed by atoms with E-state index in [1.165, 1.54) is 0 Å². The van der Waals surface area contributed by atoms with Crippen LogP contribution in [0.5, 0.6) is 0 Å². The van der Waals surface area contributed by atoms with E-state index in [4.69, 9.17) is 20.4 Å². The average molecular weight is 263 g/mol. The number of rotatable bonds is 2. The van der Waals surface area contributed by atoms with Crippen LogP contribution in [0.2, 0.25) is 5.02 Å². The second-order valence-electron chi connectivity index (χ2n) is 4.18. The van der Waals surface area contributed by atoms with Gasteiger partial charge in [0.05, 0.1) is 0 Å². The molecule has 3 aromatic rings. The fraction of sp³-hybridized carbons (Fsp3) is 0.143. The van der Waals surface area contributed by atoms with Crippen LogP contribution in [0, 0.1) is 6.92 Å². The van der Waals surface area contributed by atoms with Gasteiger partial charge in [-0.1, -0.05) is 11.6 Å². The maximum Gasteiger partial charge on any atom is 0.169 e. The van der Waals surface area contributed by atoms with Gasteiger partial charge in [-0.15, -0.1) is 0 Å². The van der Waals surface area contributed by atoms with E-state index in [1.54, 1.807) is 36.4 Å². The molecule has 0 aliphatic rings. The monoisotopic (exact) mass is 262 g/mol. The molecule has 4 heteroatoms. The topological polar surface area (TPSA) is 46.5 Å². The molecule has 3 rings (SSSR count). The van der Waals surface area contributed by atoms with Crippen LogP contribution in [0.15, 0.2) is 45.2 Å². The van der Waals surface area contributed by atoms with Crippen molar-refractivity contribution >= 4 is 22.6 Å². The normalized spacial score (nSPS) is 13.1. The Bertz CT molecular complexity index is 696. The summed E-state index contributed by atoms with van der Waals surface area (Å²) >= 11 is 5.91. The number of aliphatic hydroxyl groups excluding tert-OH is 1. The van der Waals surface area contributed by atoms with E-state index in [1.807, 2.05) is 6.92 Å². The summed E-state index contributed by atoms with van der Waals surface area (Å²) in [5.41, 5.74) is 0.691. The van der Waals surface area contributed by atoms with Gasteiger partial charge in [-0.05, 0) is 43.3 Å². The number of hydrogen-bond acceptors (Lipinski definition) is 3. The average Bonchev–Trinajstić information content (AvgIpc) is 2.93. The van der Waals surface area contributed by atoms with E-state index in [2.05, 4.69) is 0 Å². The molecule has 1 unspecified atom stereocenters. The number of aliphatic hydroxyl groups is 1. The number of hydrogen-bond donors (Lipinski definition) is 1. The highest BCUT2D eigenvalue weighted by molar-refractivity contribution is 6.31. The number of halogens is 1. The van der Waals surface area contributed by atoms with Crippen molar-refractivity contribution in [2.75, 3.05) is 0 Å². The third kappa shape index (κ3) is 1.92. The first-order valence-electron chi connectivity index (χ1n) is 5.57. The molecule has 0 radical (unpaired) electrons. The van der Waals surface area contributed by atoms with Crippen LogP contribution >= 0.6 is 11.6 Å². The van der Waals surface area contributed by atoms with Crippen LogP contribution in [-0.4, -0.2) is 5.11 Å². The lowest BCUT2D eigenvalue weighted by molar-refractivity contribution is 0.163. The summed E-state index contributed by atoms with van der Waals surface area (Å²) in [5, 5.41) is 11.7. The lowest BCUT2D eigenvalue weighted by Gasteiger charge is -2.02. The molecule has 2 aromatic heterocycles. The summed E-state index contributed by atoms with van der Waals surface area (Å²) < 4.78 is 11.0. The first kappa shape index (κ1) is 11.4. The SMILES string of the molecule is Cc1ccc(C(O)c2cc3cc(Cl)ccc3o2)o1. The predicted octanol–water partition coefficient (Wildman–Crippen LogP) is 4.07. The van der Waals surface area contributed by atoms with E-state index in [0.29, 0.717) is 22.1 Å².